The van der Waals surface area contributed by atoms with Crippen LogP contribution in [0.4, 0.5) is 0 Å². The van der Waals surface area contributed by atoms with Crippen LogP contribution >= 0.6 is 0 Å². The van der Waals surface area contributed by atoms with E-state index < -0.39 is 35.4 Å². The summed E-state index contributed by atoms with van der Waals surface area (Å²) in [4.78, 5) is 66.0. The van der Waals surface area contributed by atoms with Gasteiger partial charge in [-0.2, -0.15) is 0 Å². The molecule has 226 valence electrons. The predicted molar refractivity (Wildman–Crippen MR) is 169 cm³/mol. The molecule has 3 aromatic rings. The van der Waals surface area contributed by atoms with Crippen molar-refractivity contribution < 1.29 is 24.0 Å². The van der Waals surface area contributed by atoms with Gasteiger partial charge in [-0.25, -0.2) is 0 Å². The van der Waals surface area contributed by atoms with Crippen molar-refractivity contribution in [3.63, 3.8) is 0 Å². The van der Waals surface area contributed by atoms with Crippen LogP contribution in [0.25, 0.3) is 0 Å². The molecule has 1 N–H and O–H groups in total. The molecule has 0 radical (unpaired) electrons. The first-order chi connectivity index (χ1) is 20.5. The van der Waals surface area contributed by atoms with Crippen molar-refractivity contribution in [1.29, 1.82) is 0 Å². The molecule has 1 amide bonds. The summed E-state index contributed by atoms with van der Waals surface area (Å²) in [5.41, 5.74) is 2.42. The first kappa shape index (κ1) is 33.3. The summed E-state index contributed by atoms with van der Waals surface area (Å²) >= 11 is 0. The highest BCUT2D eigenvalue weighted by molar-refractivity contribution is 6.38. The smallest absolute Gasteiger partial charge is 0.224 e. The number of benzene rings is 3. The van der Waals surface area contributed by atoms with E-state index in [1.54, 1.807) is 31.2 Å². The van der Waals surface area contributed by atoms with Gasteiger partial charge in [0.15, 0.2) is 17.3 Å². The van der Waals surface area contributed by atoms with Crippen LogP contribution in [0.1, 0.15) is 80.8 Å². The number of hydrogen-bond acceptors (Lipinski definition) is 5. The Bertz CT molecular complexity index is 1370. The SMILES string of the molecule is CC(C)C[C@H](CC(=O)[C@H](C)NC(=O)[C@@H](CC(=O)c1ccccc1)Cc1ccccc1)C(=O)C(=O)C[C@@H](C)c1ccccc1. The van der Waals surface area contributed by atoms with Crippen LogP contribution in [0.15, 0.2) is 91.0 Å². The Labute approximate surface area is 255 Å². The second-order valence-electron chi connectivity index (χ2n) is 11.9. The van der Waals surface area contributed by atoms with Crippen LogP contribution in [0, 0.1) is 17.8 Å². The summed E-state index contributed by atoms with van der Waals surface area (Å²) in [5.74, 6) is -3.31. The minimum absolute atomic E-state index is 0.00574. The van der Waals surface area contributed by atoms with Gasteiger partial charge in [0.2, 0.25) is 11.7 Å². The number of carbonyl (C=O) groups excluding carboxylic acids is 5. The first-order valence-electron chi connectivity index (χ1n) is 15.1. The minimum Gasteiger partial charge on any atom is -0.346 e. The van der Waals surface area contributed by atoms with E-state index in [-0.39, 0.29) is 42.7 Å². The molecule has 0 saturated carbocycles. The molecule has 0 aliphatic carbocycles. The molecule has 0 bridgehead atoms. The van der Waals surface area contributed by atoms with Crippen molar-refractivity contribution >= 4 is 29.0 Å². The van der Waals surface area contributed by atoms with Gasteiger partial charge in [-0.05, 0) is 42.7 Å². The van der Waals surface area contributed by atoms with Crippen LogP contribution in [0.5, 0.6) is 0 Å². The Balaban J connectivity index is 1.67. The fraction of sp³-hybridized carbons (Fsp3) is 0.378. The second-order valence-corrected chi connectivity index (χ2v) is 11.9. The highest BCUT2D eigenvalue weighted by Crippen LogP contribution is 2.24. The predicted octanol–water partition coefficient (Wildman–Crippen LogP) is 6.58. The van der Waals surface area contributed by atoms with E-state index in [1.807, 2.05) is 87.5 Å². The molecule has 0 fully saturated rings. The maximum absolute atomic E-state index is 13.5. The van der Waals surface area contributed by atoms with E-state index in [0.717, 1.165) is 11.1 Å². The molecule has 4 atom stereocenters. The Hall–Kier alpha value is -4.19. The lowest BCUT2D eigenvalue weighted by atomic mass is 9.83. The average Bonchev–Trinajstić information content (AvgIpc) is 3.00. The van der Waals surface area contributed by atoms with Gasteiger partial charge < -0.3 is 5.32 Å². The summed E-state index contributed by atoms with van der Waals surface area (Å²) < 4.78 is 0. The fourth-order valence-electron chi connectivity index (χ4n) is 5.31. The zero-order valence-electron chi connectivity index (χ0n) is 25.6. The number of nitrogens with one attached hydrogen (secondary N) is 1. The normalized spacial score (nSPS) is 13.9. The highest BCUT2D eigenvalue weighted by atomic mass is 16.2. The Morgan fingerprint density at radius 2 is 1.21 bits per heavy atom. The third-order valence-corrected chi connectivity index (χ3v) is 7.77. The van der Waals surface area contributed by atoms with Crippen molar-refractivity contribution in [3.8, 4) is 0 Å². The molecule has 0 spiro atoms. The molecule has 43 heavy (non-hydrogen) atoms. The number of hydrogen-bond donors (Lipinski definition) is 1. The molecule has 3 rings (SSSR count). The fourth-order valence-corrected chi connectivity index (χ4v) is 5.31. The summed E-state index contributed by atoms with van der Waals surface area (Å²) in [6, 6.07) is 27.0. The van der Waals surface area contributed by atoms with Gasteiger partial charge in [-0.15, -0.1) is 0 Å². The van der Waals surface area contributed by atoms with Crippen molar-refractivity contribution in [2.75, 3.05) is 0 Å². The van der Waals surface area contributed by atoms with Gasteiger partial charge in [0.05, 0.1) is 6.04 Å². The van der Waals surface area contributed by atoms with Crippen LogP contribution < -0.4 is 5.32 Å². The lowest BCUT2D eigenvalue weighted by Crippen LogP contribution is -2.44. The van der Waals surface area contributed by atoms with Crippen molar-refractivity contribution in [3.05, 3.63) is 108 Å². The Morgan fingerprint density at radius 3 is 1.79 bits per heavy atom. The van der Waals surface area contributed by atoms with Crippen molar-refractivity contribution in [2.45, 2.75) is 71.8 Å². The number of carbonyl (C=O) groups is 5. The van der Waals surface area contributed by atoms with Crippen LogP contribution in [-0.4, -0.2) is 35.1 Å². The van der Waals surface area contributed by atoms with E-state index in [2.05, 4.69) is 5.32 Å². The Morgan fingerprint density at radius 1 is 0.651 bits per heavy atom. The molecular weight excluding hydrogens is 538 g/mol. The lowest BCUT2D eigenvalue weighted by Gasteiger charge is -2.22. The minimum atomic E-state index is -0.876. The number of rotatable bonds is 17. The van der Waals surface area contributed by atoms with E-state index in [0.29, 0.717) is 18.4 Å². The molecule has 0 unspecified atom stereocenters. The monoisotopic (exact) mass is 581 g/mol. The summed E-state index contributed by atoms with van der Waals surface area (Å²) in [6.45, 7) is 7.40. The van der Waals surface area contributed by atoms with Crippen LogP contribution in [0.3, 0.4) is 0 Å². The van der Waals surface area contributed by atoms with Gasteiger partial charge in [0.25, 0.3) is 0 Å². The van der Waals surface area contributed by atoms with E-state index in [4.69, 9.17) is 0 Å². The maximum Gasteiger partial charge on any atom is 0.224 e. The van der Waals surface area contributed by atoms with Crippen molar-refractivity contribution in [2.24, 2.45) is 17.8 Å². The lowest BCUT2D eigenvalue weighted by molar-refractivity contribution is -0.140. The number of Topliss-reactive ketones (excluding diaryl/α,β-unsaturated/α-hetero) is 4. The average molecular weight is 582 g/mol. The van der Waals surface area contributed by atoms with E-state index in [1.165, 1.54) is 0 Å². The topological polar surface area (TPSA) is 97.4 Å². The van der Waals surface area contributed by atoms with Crippen LogP contribution in [-0.2, 0) is 25.6 Å². The van der Waals surface area contributed by atoms with Crippen LogP contribution in [0.2, 0.25) is 0 Å². The molecule has 0 aromatic heterocycles. The third-order valence-electron chi connectivity index (χ3n) is 7.77. The highest BCUT2D eigenvalue weighted by Gasteiger charge is 2.32. The standard InChI is InChI=1S/C37H43NO5/c1-25(2)20-31(36(42)35(41)21-26(3)29-16-10-6-11-17-29)23-33(39)27(4)38-37(43)32(22-28-14-8-5-9-15-28)24-34(40)30-18-12-7-13-19-30/h5-19,25-27,31-32H,20-24H2,1-4H3,(H,38,43)/t26-,27+,31-,32-/m1/s1. The molecular formula is C37H43NO5. The Kier molecular flexibility index (Phi) is 12.7. The van der Waals surface area contributed by atoms with E-state index in [9.17, 15) is 24.0 Å². The molecule has 6 nitrogen and oxygen atoms in total. The van der Waals surface area contributed by atoms with Gasteiger partial charge in [0, 0.05) is 36.7 Å². The summed E-state index contributed by atoms with van der Waals surface area (Å²) in [7, 11) is 0. The van der Waals surface area contributed by atoms with Gasteiger partial charge in [-0.1, -0.05) is 112 Å². The number of ketones is 4. The van der Waals surface area contributed by atoms with Gasteiger partial charge >= 0.3 is 0 Å². The maximum atomic E-state index is 13.5. The second kappa shape index (κ2) is 16.4. The van der Waals surface area contributed by atoms with Crippen molar-refractivity contribution in [1.82, 2.24) is 5.32 Å². The third kappa shape index (κ3) is 10.5. The largest absolute Gasteiger partial charge is 0.346 e. The molecule has 0 heterocycles. The molecule has 0 aliphatic rings. The summed E-state index contributed by atoms with van der Waals surface area (Å²) in [6.07, 6.45) is 0.687. The quantitative estimate of drug-likeness (QED) is 0.144. The summed E-state index contributed by atoms with van der Waals surface area (Å²) in [5, 5.41) is 2.80. The first-order valence-corrected chi connectivity index (χ1v) is 15.1. The number of amides is 1. The zero-order valence-corrected chi connectivity index (χ0v) is 25.6. The van der Waals surface area contributed by atoms with Gasteiger partial charge in [0.1, 0.15) is 0 Å². The molecule has 0 aliphatic heterocycles. The molecule has 0 saturated heterocycles. The van der Waals surface area contributed by atoms with E-state index >= 15 is 0 Å². The zero-order chi connectivity index (χ0) is 31.4. The van der Waals surface area contributed by atoms with Gasteiger partial charge in [-0.3, -0.25) is 24.0 Å². The molecule has 6 heteroatoms. The molecule has 3 aromatic carbocycles.